The first-order valence-electron chi connectivity index (χ1n) is 7.17. The van der Waals surface area contributed by atoms with Gasteiger partial charge in [-0.15, -0.1) is 0 Å². The van der Waals surface area contributed by atoms with Gasteiger partial charge in [0.2, 0.25) is 0 Å². The molecule has 0 saturated heterocycles. The Morgan fingerprint density at radius 2 is 1.84 bits per heavy atom. The van der Waals surface area contributed by atoms with Crippen LogP contribution >= 0.6 is 0 Å². The molecule has 0 spiro atoms. The molecule has 0 amide bonds. The van der Waals surface area contributed by atoms with Gasteiger partial charge in [0.1, 0.15) is 0 Å². The number of hydrogen-bond acceptors (Lipinski definition) is 1. The van der Waals surface area contributed by atoms with Crippen LogP contribution in [0.3, 0.4) is 0 Å². The summed E-state index contributed by atoms with van der Waals surface area (Å²) in [5, 5.41) is 3.30. The number of unbranched alkanes of at least 4 members (excludes halogenated alkanes) is 1. The molecule has 0 aliphatic heterocycles. The van der Waals surface area contributed by atoms with Crippen molar-refractivity contribution in [3.8, 4) is 0 Å². The molecule has 0 aliphatic rings. The molecule has 1 unspecified atom stereocenters. The van der Waals surface area contributed by atoms with Crippen molar-refractivity contribution in [1.29, 1.82) is 0 Å². The maximum atomic E-state index is 3.30. The van der Waals surface area contributed by atoms with Gasteiger partial charge in [-0.25, -0.2) is 0 Å². The Morgan fingerprint density at radius 1 is 1.05 bits per heavy atom. The molecule has 1 aromatic heterocycles. The van der Waals surface area contributed by atoms with Crippen molar-refractivity contribution < 1.29 is 0 Å². The van der Waals surface area contributed by atoms with Crippen LogP contribution in [0, 0.1) is 0 Å². The maximum absolute atomic E-state index is 3.30. The quantitative estimate of drug-likeness (QED) is 0.746. The molecular formula is C17H24N2. The highest BCUT2D eigenvalue weighted by Crippen LogP contribution is 2.14. The van der Waals surface area contributed by atoms with Crippen LogP contribution < -0.4 is 5.32 Å². The van der Waals surface area contributed by atoms with E-state index in [1.165, 1.54) is 30.5 Å². The van der Waals surface area contributed by atoms with Crippen molar-refractivity contribution in [2.24, 2.45) is 0 Å². The van der Waals surface area contributed by atoms with Crippen molar-refractivity contribution in [3.63, 3.8) is 0 Å². The van der Waals surface area contributed by atoms with Gasteiger partial charge >= 0.3 is 0 Å². The highest BCUT2D eigenvalue weighted by molar-refractivity contribution is 5.14. The molecule has 0 aliphatic carbocycles. The fraction of sp³-hybridized carbons (Fsp3) is 0.412. The minimum atomic E-state index is 0.420. The number of rotatable bonds is 7. The topological polar surface area (TPSA) is 17.0 Å². The highest BCUT2D eigenvalue weighted by atomic mass is 15.0. The standard InChI is InChI=1S/C17H24N2/c1-15(18-2)17-12-8-14-19(17)13-7-6-11-16-9-4-3-5-10-16/h3-5,8-10,12,14-15,18H,6-7,11,13H2,1-2H3. The smallest absolute Gasteiger partial charge is 0.0443 e. The van der Waals surface area contributed by atoms with Crippen LogP contribution in [0.4, 0.5) is 0 Å². The van der Waals surface area contributed by atoms with Crippen LogP contribution in [-0.2, 0) is 13.0 Å². The summed E-state index contributed by atoms with van der Waals surface area (Å²) in [7, 11) is 2.01. The minimum Gasteiger partial charge on any atom is -0.350 e. The molecule has 2 heteroatoms. The monoisotopic (exact) mass is 256 g/mol. The minimum absolute atomic E-state index is 0.420. The van der Waals surface area contributed by atoms with E-state index in [0.29, 0.717) is 6.04 Å². The fourth-order valence-electron chi connectivity index (χ4n) is 2.43. The van der Waals surface area contributed by atoms with Gasteiger partial charge in [-0.3, -0.25) is 0 Å². The second-order valence-corrected chi connectivity index (χ2v) is 5.08. The molecule has 1 aromatic carbocycles. The zero-order valence-corrected chi connectivity index (χ0v) is 12.0. The van der Waals surface area contributed by atoms with Crippen molar-refractivity contribution in [2.45, 2.75) is 38.8 Å². The second kappa shape index (κ2) is 7.15. The summed E-state index contributed by atoms with van der Waals surface area (Å²) in [6, 6.07) is 15.5. The number of benzene rings is 1. The van der Waals surface area contributed by atoms with E-state index in [-0.39, 0.29) is 0 Å². The van der Waals surface area contributed by atoms with Crippen LogP contribution in [0.15, 0.2) is 48.7 Å². The van der Waals surface area contributed by atoms with Gasteiger partial charge in [-0.1, -0.05) is 30.3 Å². The predicted octanol–water partition coefficient (Wildman–Crippen LogP) is 3.79. The zero-order chi connectivity index (χ0) is 13.5. The number of hydrogen-bond donors (Lipinski definition) is 1. The predicted molar refractivity (Wildman–Crippen MR) is 81.3 cm³/mol. The van der Waals surface area contributed by atoms with Gasteiger partial charge in [0.05, 0.1) is 0 Å². The van der Waals surface area contributed by atoms with Crippen molar-refractivity contribution in [1.82, 2.24) is 9.88 Å². The summed E-state index contributed by atoms with van der Waals surface area (Å²) < 4.78 is 2.37. The SMILES string of the molecule is CNC(C)c1cccn1CCCCc1ccccc1. The summed E-state index contributed by atoms with van der Waals surface area (Å²) in [5.41, 5.74) is 2.82. The normalized spacial score (nSPS) is 12.5. The first kappa shape index (κ1) is 13.9. The van der Waals surface area contributed by atoms with Crippen LogP contribution in [0.2, 0.25) is 0 Å². The molecule has 0 fully saturated rings. The molecule has 102 valence electrons. The van der Waals surface area contributed by atoms with Crippen molar-refractivity contribution in [2.75, 3.05) is 7.05 Å². The average molecular weight is 256 g/mol. The van der Waals surface area contributed by atoms with Crippen LogP contribution in [0.5, 0.6) is 0 Å². The molecule has 1 atom stereocenters. The lowest BCUT2D eigenvalue weighted by Crippen LogP contribution is -2.16. The third-order valence-corrected chi connectivity index (χ3v) is 3.70. The fourth-order valence-corrected chi connectivity index (χ4v) is 2.43. The third-order valence-electron chi connectivity index (χ3n) is 3.70. The van der Waals surface area contributed by atoms with E-state index in [1.807, 2.05) is 7.05 Å². The average Bonchev–Trinajstić information content (AvgIpc) is 2.92. The Morgan fingerprint density at radius 3 is 2.58 bits per heavy atom. The first-order chi connectivity index (χ1) is 9.31. The van der Waals surface area contributed by atoms with Crippen LogP contribution in [0.1, 0.15) is 37.1 Å². The Bertz CT molecular complexity index is 473. The number of nitrogens with one attached hydrogen (secondary N) is 1. The zero-order valence-electron chi connectivity index (χ0n) is 12.0. The summed E-state index contributed by atoms with van der Waals surface area (Å²) in [6.45, 7) is 3.32. The van der Waals surface area contributed by atoms with Crippen molar-refractivity contribution in [3.05, 3.63) is 59.9 Å². The third kappa shape index (κ3) is 3.97. The van der Waals surface area contributed by atoms with E-state index in [9.17, 15) is 0 Å². The first-order valence-corrected chi connectivity index (χ1v) is 7.17. The van der Waals surface area contributed by atoms with Gasteiger partial charge in [-0.2, -0.15) is 0 Å². The van der Waals surface area contributed by atoms with Gasteiger partial charge < -0.3 is 9.88 Å². The Balaban J connectivity index is 1.78. The van der Waals surface area contributed by atoms with Crippen molar-refractivity contribution >= 4 is 0 Å². The van der Waals surface area contributed by atoms with E-state index in [4.69, 9.17) is 0 Å². The van der Waals surface area contributed by atoms with Gasteiger partial charge in [0.15, 0.2) is 0 Å². The lowest BCUT2D eigenvalue weighted by atomic mass is 10.1. The Hall–Kier alpha value is -1.54. The van der Waals surface area contributed by atoms with Crippen LogP contribution in [0.25, 0.3) is 0 Å². The summed E-state index contributed by atoms with van der Waals surface area (Å²) in [4.78, 5) is 0. The summed E-state index contributed by atoms with van der Waals surface area (Å²) >= 11 is 0. The lowest BCUT2D eigenvalue weighted by Gasteiger charge is -2.14. The molecule has 0 bridgehead atoms. The maximum Gasteiger partial charge on any atom is 0.0443 e. The number of aryl methyl sites for hydroxylation is 2. The highest BCUT2D eigenvalue weighted by Gasteiger charge is 2.06. The summed E-state index contributed by atoms with van der Waals surface area (Å²) in [6.07, 6.45) is 5.84. The van der Waals surface area contributed by atoms with E-state index in [2.05, 4.69) is 65.5 Å². The second-order valence-electron chi connectivity index (χ2n) is 5.08. The van der Waals surface area contributed by atoms with Gasteiger partial charge in [0, 0.05) is 24.5 Å². The molecular weight excluding hydrogens is 232 g/mol. The lowest BCUT2D eigenvalue weighted by molar-refractivity contribution is 0.541. The molecule has 0 saturated carbocycles. The van der Waals surface area contributed by atoms with Gasteiger partial charge in [-0.05, 0) is 50.9 Å². The number of aromatic nitrogens is 1. The molecule has 2 nitrogen and oxygen atoms in total. The number of nitrogens with zero attached hydrogens (tertiary/aromatic N) is 1. The van der Waals surface area contributed by atoms with E-state index in [1.54, 1.807) is 0 Å². The molecule has 1 N–H and O–H groups in total. The Labute approximate surface area is 116 Å². The molecule has 19 heavy (non-hydrogen) atoms. The molecule has 2 aromatic rings. The van der Waals surface area contributed by atoms with E-state index >= 15 is 0 Å². The molecule has 2 rings (SSSR count). The molecule has 1 heterocycles. The molecule has 0 radical (unpaired) electrons. The van der Waals surface area contributed by atoms with E-state index < -0.39 is 0 Å². The largest absolute Gasteiger partial charge is 0.350 e. The van der Waals surface area contributed by atoms with Crippen LogP contribution in [-0.4, -0.2) is 11.6 Å². The van der Waals surface area contributed by atoms with E-state index in [0.717, 1.165) is 6.54 Å². The van der Waals surface area contributed by atoms with Gasteiger partial charge in [0.25, 0.3) is 0 Å². The Kier molecular flexibility index (Phi) is 5.22. The summed E-state index contributed by atoms with van der Waals surface area (Å²) in [5.74, 6) is 0.